The Balaban J connectivity index is 1.89. The number of hydrogen-bond acceptors (Lipinski definition) is 3. The van der Waals surface area contributed by atoms with E-state index in [0.29, 0.717) is 27.9 Å². The minimum absolute atomic E-state index is 0.130. The van der Waals surface area contributed by atoms with E-state index in [9.17, 15) is 10.1 Å². The third-order valence-electron chi connectivity index (χ3n) is 3.77. The van der Waals surface area contributed by atoms with E-state index in [2.05, 4.69) is 11.4 Å². The van der Waals surface area contributed by atoms with Crippen molar-refractivity contribution < 1.29 is 9.53 Å². The molecule has 1 heterocycles. The Morgan fingerprint density at radius 1 is 1.32 bits per heavy atom. The van der Waals surface area contributed by atoms with Gasteiger partial charge in [0.2, 0.25) is 5.91 Å². The van der Waals surface area contributed by atoms with Crippen molar-refractivity contribution in [3.05, 3.63) is 33.8 Å². The molecule has 1 unspecified atom stereocenters. The molecular weight excluding hydrogens is 323 g/mol. The molecule has 4 nitrogen and oxygen atoms in total. The molecule has 0 spiro atoms. The normalized spacial score (nSPS) is 16.8. The molecule has 1 saturated heterocycles. The summed E-state index contributed by atoms with van der Waals surface area (Å²) < 4.78 is 5.30. The number of amides is 1. The number of nitriles is 1. The smallest absolute Gasteiger partial charge is 0.221 e. The van der Waals surface area contributed by atoms with Gasteiger partial charge in [-0.1, -0.05) is 23.2 Å². The zero-order chi connectivity index (χ0) is 15.9. The van der Waals surface area contributed by atoms with Gasteiger partial charge in [-0.15, -0.1) is 0 Å². The van der Waals surface area contributed by atoms with E-state index in [1.165, 1.54) is 0 Å². The third-order valence-corrected chi connectivity index (χ3v) is 4.21. The van der Waals surface area contributed by atoms with Gasteiger partial charge in [0.1, 0.15) is 6.04 Å². The number of ether oxygens (including phenoxy) is 1. The molecule has 1 aromatic rings. The molecule has 1 amide bonds. The van der Waals surface area contributed by atoms with E-state index in [1.807, 2.05) is 0 Å². The van der Waals surface area contributed by atoms with Crippen LogP contribution in [-0.2, 0) is 9.53 Å². The van der Waals surface area contributed by atoms with Crippen molar-refractivity contribution in [1.82, 2.24) is 5.32 Å². The van der Waals surface area contributed by atoms with Crippen molar-refractivity contribution in [2.45, 2.75) is 31.7 Å². The average Bonchev–Trinajstić information content (AvgIpc) is 2.50. The van der Waals surface area contributed by atoms with Crippen LogP contribution in [0.15, 0.2) is 18.2 Å². The Bertz CT molecular complexity index is 546. The molecule has 1 aliphatic rings. The summed E-state index contributed by atoms with van der Waals surface area (Å²) in [5.74, 6) is 0.398. The molecule has 1 aromatic carbocycles. The zero-order valence-corrected chi connectivity index (χ0v) is 13.7. The van der Waals surface area contributed by atoms with Gasteiger partial charge in [0.15, 0.2) is 0 Å². The number of carbonyl (C=O) groups is 1. The summed E-state index contributed by atoms with van der Waals surface area (Å²) in [5.41, 5.74) is 0.597. The maximum atomic E-state index is 12.0. The number of halogens is 2. The highest BCUT2D eigenvalue weighted by Crippen LogP contribution is 2.24. The standard InChI is InChI=1S/C16H18Cl2N2O2/c17-13-7-12(8-14(18)9-13)15(10-19)20-16(21)2-1-11-3-5-22-6-4-11/h7-9,11,15H,1-6H2,(H,20,21). The maximum absolute atomic E-state index is 12.0. The minimum Gasteiger partial charge on any atom is -0.381 e. The van der Waals surface area contributed by atoms with Crippen LogP contribution in [0.4, 0.5) is 0 Å². The minimum atomic E-state index is -0.738. The Morgan fingerprint density at radius 2 is 1.95 bits per heavy atom. The summed E-state index contributed by atoms with van der Waals surface area (Å²) in [7, 11) is 0. The van der Waals surface area contributed by atoms with Crippen LogP contribution in [0.3, 0.4) is 0 Å². The highest BCUT2D eigenvalue weighted by atomic mass is 35.5. The van der Waals surface area contributed by atoms with Crippen LogP contribution in [0.25, 0.3) is 0 Å². The van der Waals surface area contributed by atoms with E-state index in [0.717, 1.165) is 32.5 Å². The van der Waals surface area contributed by atoms with E-state index in [4.69, 9.17) is 27.9 Å². The molecule has 118 valence electrons. The largest absolute Gasteiger partial charge is 0.381 e. The molecule has 1 fully saturated rings. The molecule has 0 aromatic heterocycles. The van der Waals surface area contributed by atoms with Crippen molar-refractivity contribution in [3.63, 3.8) is 0 Å². The third kappa shape index (κ3) is 5.17. The molecule has 1 N–H and O–H groups in total. The monoisotopic (exact) mass is 340 g/mol. The lowest BCUT2D eigenvalue weighted by molar-refractivity contribution is -0.122. The van der Waals surface area contributed by atoms with Gasteiger partial charge >= 0.3 is 0 Å². The van der Waals surface area contributed by atoms with Gasteiger partial charge in [-0.3, -0.25) is 4.79 Å². The first-order valence-corrected chi connectivity index (χ1v) is 8.07. The topological polar surface area (TPSA) is 62.1 Å². The maximum Gasteiger partial charge on any atom is 0.221 e. The first-order valence-electron chi connectivity index (χ1n) is 7.31. The predicted molar refractivity (Wildman–Crippen MR) is 85.7 cm³/mol. The molecule has 0 aliphatic carbocycles. The summed E-state index contributed by atoms with van der Waals surface area (Å²) in [4.78, 5) is 12.0. The highest BCUT2D eigenvalue weighted by Gasteiger charge is 2.18. The Hall–Kier alpha value is -1.28. The van der Waals surface area contributed by atoms with E-state index < -0.39 is 6.04 Å². The van der Waals surface area contributed by atoms with Crippen LogP contribution in [0, 0.1) is 17.2 Å². The molecule has 0 saturated carbocycles. The highest BCUT2D eigenvalue weighted by molar-refractivity contribution is 6.34. The summed E-state index contributed by atoms with van der Waals surface area (Å²) in [6.45, 7) is 1.54. The fraction of sp³-hybridized carbons (Fsp3) is 0.500. The summed E-state index contributed by atoms with van der Waals surface area (Å²) in [6, 6.07) is 6.20. The van der Waals surface area contributed by atoms with Crippen molar-refractivity contribution in [2.24, 2.45) is 5.92 Å². The van der Waals surface area contributed by atoms with Crippen LogP contribution in [0.1, 0.15) is 37.3 Å². The number of nitrogens with zero attached hydrogens (tertiary/aromatic N) is 1. The Labute approximate surface area is 140 Å². The van der Waals surface area contributed by atoms with Gasteiger partial charge in [-0.05, 0) is 48.9 Å². The SMILES string of the molecule is N#CC(NC(=O)CCC1CCOCC1)c1cc(Cl)cc(Cl)c1. The molecule has 6 heteroatoms. The lowest BCUT2D eigenvalue weighted by Crippen LogP contribution is -2.28. The second kappa shape index (κ2) is 8.38. The number of carbonyl (C=O) groups excluding carboxylic acids is 1. The fourth-order valence-electron chi connectivity index (χ4n) is 2.54. The molecule has 1 atom stereocenters. The van der Waals surface area contributed by atoms with Crippen LogP contribution in [-0.4, -0.2) is 19.1 Å². The quantitative estimate of drug-likeness (QED) is 0.884. The summed E-state index contributed by atoms with van der Waals surface area (Å²) >= 11 is 11.9. The second-order valence-corrected chi connectivity index (χ2v) is 6.30. The number of rotatable bonds is 5. The van der Waals surface area contributed by atoms with Gasteiger partial charge in [-0.2, -0.15) is 5.26 Å². The Kier molecular flexibility index (Phi) is 6.50. The average molecular weight is 341 g/mol. The first kappa shape index (κ1) is 17.1. The van der Waals surface area contributed by atoms with Crippen molar-refractivity contribution in [3.8, 4) is 6.07 Å². The molecular formula is C16H18Cl2N2O2. The Morgan fingerprint density at radius 3 is 2.55 bits per heavy atom. The van der Waals surface area contributed by atoms with Gasteiger partial charge < -0.3 is 10.1 Å². The van der Waals surface area contributed by atoms with E-state index in [-0.39, 0.29) is 5.91 Å². The number of nitrogens with one attached hydrogen (secondary N) is 1. The predicted octanol–water partition coefficient (Wildman–Crippen LogP) is 3.88. The second-order valence-electron chi connectivity index (χ2n) is 5.43. The molecule has 22 heavy (non-hydrogen) atoms. The van der Waals surface area contributed by atoms with Crippen LogP contribution >= 0.6 is 23.2 Å². The molecule has 2 rings (SSSR count). The fourth-order valence-corrected chi connectivity index (χ4v) is 3.08. The summed E-state index contributed by atoms with van der Waals surface area (Å²) in [6.07, 6.45) is 3.23. The zero-order valence-electron chi connectivity index (χ0n) is 12.1. The van der Waals surface area contributed by atoms with Gasteiger partial charge in [0.05, 0.1) is 6.07 Å². The van der Waals surface area contributed by atoms with Gasteiger partial charge in [-0.25, -0.2) is 0 Å². The van der Waals surface area contributed by atoms with Crippen LogP contribution in [0.2, 0.25) is 10.0 Å². The molecule has 1 aliphatic heterocycles. The lowest BCUT2D eigenvalue weighted by atomic mass is 9.94. The van der Waals surface area contributed by atoms with Crippen molar-refractivity contribution in [1.29, 1.82) is 5.26 Å². The van der Waals surface area contributed by atoms with E-state index >= 15 is 0 Å². The number of benzene rings is 1. The number of hydrogen-bond donors (Lipinski definition) is 1. The lowest BCUT2D eigenvalue weighted by Gasteiger charge is -2.21. The summed E-state index contributed by atoms with van der Waals surface area (Å²) in [5, 5.41) is 12.9. The van der Waals surface area contributed by atoms with E-state index in [1.54, 1.807) is 18.2 Å². The van der Waals surface area contributed by atoms with Crippen molar-refractivity contribution >= 4 is 29.1 Å². The molecule has 0 bridgehead atoms. The first-order chi connectivity index (χ1) is 10.6. The van der Waals surface area contributed by atoms with Gasteiger partial charge in [0.25, 0.3) is 0 Å². The van der Waals surface area contributed by atoms with Gasteiger partial charge in [0, 0.05) is 29.7 Å². The van der Waals surface area contributed by atoms with Crippen LogP contribution < -0.4 is 5.32 Å². The molecule has 0 radical (unpaired) electrons. The van der Waals surface area contributed by atoms with Crippen molar-refractivity contribution in [2.75, 3.05) is 13.2 Å². The van der Waals surface area contributed by atoms with Crippen LogP contribution in [0.5, 0.6) is 0 Å².